The zero-order chi connectivity index (χ0) is 36.9. The number of carbonyl (C=O) groups excluding carboxylic acids is 1. The number of amides is 1. The molecule has 0 atom stereocenters. The van der Waals surface area contributed by atoms with E-state index in [1.54, 1.807) is 6.20 Å². The van der Waals surface area contributed by atoms with Gasteiger partial charge in [0.15, 0.2) is 0 Å². The third-order valence-corrected chi connectivity index (χ3v) is 19.4. The van der Waals surface area contributed by atoms with Gasteiger partial charge in [-0.05, 0) is 0 Å². The summed E-state index contributed by atoms with van der Waals surface area (Å²) >= 11 is 4.70. The number of pyridine rings is 1. The first kappa shape index (κ1) is 36.2. The van der Waals surface area contributed by atoms with E-state index in [1.807, 2.05) is 48.7 Å². The van der Waals surface area contributed by atoms with Gasteiger partial charge in [-0.25, -0.2) is 0 Å². The van der Waals surface area contributed by atoms with Gasteiger partial charge < -0.3 is 0 Å². The molecule has 0 fully saturated rings. The molecule has 1 N–H and O–H groups in total. The number of hydrogen-bond acceptors (Lipinski definition) is 2. The van der Waals surface area contributed by atoms with Crippen LogP contribution in [0.2, 0.25) is 0 Å². The van der Waals surface area contributed by atoms with Crippen molar-refractivity contribution in [2.24, 2.45) is 0 Å². The fourth-order valence-electron chi connectivity index (χ4n) is 7.57. The van der Waals surface area contributed by atoms with Crippen LogP contribution in [-0.4, -0.2) is 22.0 Å². The molecule has 266 valence electrons. The van der Waals surface area contributed by atoms with Crippen LogP contribution in [0.5, 0.6) is 0 Å². The van der Waals surface area contributed by atoms with Gasteiger partial charge in [0.05, 0.1) is 0 Å². The van der Waals surface area contributed by atoms with E-state index in [4.69, 9.17) is 15.5 Å². The third-order valence-electron chi connectivity index (χ3n) is 9.99. The average molecular weight is 783 g/mol. The Kier molecular flexibility index (Phi) is 10.5. The van der Waals surface area contributed by atoms with Gasteiger partial charge >= 0.3 is 321 Å². The van der Waals surface area contributed by atoms with Crippen LogP contribution in [-0.2, 0) is 12.6 Å². The summed E-state index contributed by atoms with van der Waals surface area (Å²) < 4.78 is 16.9. The minimum absolute atomic E-state index is 0.107. The van der Waals surface area contributed by atoms with E-state index < -0.39 is 5.31 Å². The maximum absolute atomic E-state index is 14.9. The second-order valence-electron chi connectivity index (χ2n) is 13.6. The van der Waals surface area contributed by atoms with Crippen LogP contribution < -0.4 is 21.2 Å². The van der Waals surface area contributed by atoms with Crippen molar-refractivity contribution in [2.75, 3.05) is 6.54 Å². The molecule has 0 saturated carbocycles. The molecule has 53 heavy (non-hydrogen) atoms. The normalized spacial score (nSPS) is 12.3. The standard InChI is InChI=1S/C46H42BrFN3OP/c1-34(2)51-42(33-53(47,39-19-9-4-10-20-39,40-21-11-5-12-22-40)41-23-13-6-14-24-41)43(37-25-27-38(48)28-26-37)44(36-17-7-3-8-18-36)45(51)46(52)50-31-29-35-16-15-30-49-32-35/h3-28,30,32,34H,29,31,33H2,1-2H3,(H,50,52). The van der Waals surface area contributed by atoms with Crippen LogP contribution in [0.25, 0.3) is 22.3 Å². The predicted molar refractivity (Wildman–Crippen MR) is 224 cm³/mol. The van der Waals surface area contributed by atoms with Gasteiger partial charge in [0.1, 0.15) is 0 Å². The predicted octanol–water partition coefficient (Wildman–Crippen LogP) is 10.2. The molecule has 0 aliphatic heterocycles. The van der Waals surface area contributed by atoms with Crippen molar-refractivity contribution >= 4 is 42.6 Å². The molecule has 0 bridgehead atoms. The summed E-state index contributed by atoms with van der Waals surface area (Å²) in [5.41, 5.74) is 6.13. The molecule has 7 heteroatoms. The topological polar surface area (TPSA) is 46.9 Å². The number of aromatic nitrogens is 2. The Bertz CT molecular complexity index is 2200. The quantitative estimate of drug-likeness (QED) is 0.126. The molecular formula is C46H42BrFN3OP. The molecule has 1 amide bonds. The van der Waals surface area contributed by atoms with E-state index in [9.17, 15) is 9.18 Å². The number of halogens is 2. The number of nitrogens with zero attached hydrogens (tertiary/aromatic N) is 2. The first-order valence-corrected chi connectivity index (χ1v) is 22.4. The Morgan fingerprint density at radius 1 is 0.698 bits per heavy atom. The molecule has 2 aromatic heterocycles. The Labute approximate surface area is 319 Å². The van der Waals surface area contributed by atoms with E-state index in [1.165, 1.54) is 28.0 Å². The van der Waals surface area contributed by atoms with Gasteiger partial charge in [-0.3, -0.25) is 0 Å². The van der Waals surface area contributed by atoms with Gasteiger partial charge in [-0.2, -0.15) is 0 Å². The molecule has 0 unspecified atom stereocenters. The number of carbonyl (C=O) groups is 1. The van der Waals surface area contributed by atoms with Crippen LogP contribution in [0, 0.1) is 5.82 Å². The van der Waals surface area contributed by atoms with Gasteiger partial charge in [0, 0.05) is 0 Å². The van der Waals surface area contributed by atoms with E-state index in [2.05, 4.69) is 132 Å². The zero-order valence-electron chi connectivity index (χ0n) is 29.9. The van der Waals surface area contributed by atoms with Gasteiger partial charge in [-0.1, -0.05) is 0 Å². The first-order chi connectivity index (χ1) is 25.8. The summed E-state index contributed by atoms with van der Waals surface area (Å²) in [5, 5.41) is 3.18. The summed E-state index contributed by atoms with van der Waals surface area (Å²) in [7, 11) is 0. The molecule has 5 aromatic carbocycles. The zero-order valence-corrected chi connectivity index (χ0v) is 32.4. The van der Waals surface area contributed by atoms with Crippen LogP contribution in [0.4, 0.5) is 4.39 Å². The summed E-state index contributed by atoms with van der Waals surface area (Å²) in [6.45, 7) is 4.71. The number of benzene rings is 5. The molecule has 7 rings (SSSR count). The van der Waals surface area contributed by atoms with Crippen molar-refractivity contribution in [1.29, 1.82) is 0 Å². The van der Waals surface area contributed by atoms with Crippen molar-refractivity contribution in [2.45, 2.75) is 32.5 Å². The first-order valence-electron chi connectivity index (χ1n) is 17.9. The summed E-state index contributed by atoms with van der Waals surface area (Å²) in [6, 6.07) is 52.7. The van der Waals surface area contributed by atoms with Crippen LogP contribution in [0.15, 0.2) is 170 Å². The van der Waals surface area contributed by atoms with Crippen LogP contribution in [0.1, 0.15) is 41.6 Å². The molecule has 0 aliphatic rings. The molecular weight excluding hydrogens is 740 g/mol. The Morgan fingerprint density at radius 3 is 1.70 bits per heavy atom. The minimum atomic E-state index is -3.59. The van der Waals surface area contributed by atoms with Crippen molar-refractivity contribution in [3.8, 4) is 22.3 Å². The second kappa shape index (κ2) is 15.4. The van der Waals surface area contributed by atoms with Crippen molar-refractivity contribution < 1.29 is 9.18 Å². The second-order valence-corrected chi connectivity index (χ2v) is 22.5. The van der Waals surface area contributed by atoms with Crippen LogP contribution in [0.3, 0.4) is 0 Å². The fraction of sp³-hybridized carbons (Fsp3) is 0.130. The van der Waals surface area contributed by atoms with E-state index in [0.29, 0.717) is 24.8 Å². The van der Waals surface area contributed by atoms with Crippen LogP contribution >= 0.6 is 20.8 Å². The van der Waals surface area contributed by atoms with E-state index in [0.717, 1.165) is 33.5 Å². The molecule has 0 aliphatic carbocycles. The summed E-state index contributed by atoms with van der Waals surface area (Å²) in [4.78, 5) is 19.1. The molecule has 0 radical (unpaired) electrons. The number of hydrogen-bond donors (Lipinski definition) is 1. The SMILES string of the molecule is CC(C)n1c(CP(Br)(c2ccccc2)(c2ccccc2)c2ccccc2)c(-c2ccc(F)cc2)c(-c2ccccc2)c1C(=O)NCCc1cccnc1. The van der Waals surface area contributed by atoms with Crippen molar-refractivity contribution in [1.82, 2.24) is 14.9 Å². The maximum atomic E-state index is 14.9. The Balaban J connectivity index is 1.57. The molecule has 4 nitrogen and oxygen atoms in total. The molecule has 0 spiro atoms. The third kappa shape index (κ3) is 6.90. The molecule has 2 heterocycles. The van der Waals surface area contributed by atoms with Gasteiger partial charge in [0.2, 0.25) is 0 Å². The monoisotopic (exact) mass is 781 g/mol. The van der Waals surface area contributed by atoms with E-state index in [-0.39, 0.29) is 17.8 Å². The number of rotatable bonds is 12. The number of nitrogens with one attached hydrogen (secondary N) is 1. The summed E-state index contributed by atoms with van der Waals surface area (Å²) in [6.07, 6.45) is 4.77. The fourth-order valence-corrected chi connectivity index (χ4v) is 15.1. The van der Waals surface area contributed by atoms with Crippen molar-refractivity contribution in [3.05, 3.63) is 193 Å². The Hall–Kier alpha value is -5.16. The molecule has 7 aromatic rings. The van der Waals surface area contributed by atoms with E-state index >= 15 is 0 Å². The average Bonchev–Trinajstić information content (AvgIpc) is 3.54. The summed E-state index contributed by atoms with van der Waals surface area (Å²) in [5.74, 6) is -0.476. The van der Waals surface area contributed by atoms with Crippen molar-refractivity contribution in [3.63, 3.8) is 0 Å². The molecule has 0 saturated heterocycles. The Morgan fingerprint density at radius 2 is 1.21 bits per heavy atom. The van der Waals surface area contributed by atoms with Gasteiger partial charge in [0.25, 0.3) is 0 Å². The van der Waals surface area contributed by atoms with Gasteiger partial charge in [-0.15, -0.1) is 0 Å².